The lowest BCUT2D eigenvalue weighted by Crippen LogP contribution is -2.12. The van der Waals surface area contributed by atoms with Gasteiger partial charge in [-0.2, -0.15) is 0 Å². The Labute approximate surface area is 172 Å². The van der Waals surface area contributed by atoms with Gasteiger partial charge in [-0.3, -0.25) is 0 Å². The predicted molar refractivity (Wildman–Crippen MR) is 111 cm³/mol. The Morgan fingerprint density at radius 1 is 0.615 bits per heavy atom. The molecular weight excluding hydrogens is 464 g/mol. The lowest BCUT2D eigenvalue weighted by Gasteiger charge is -2.27. The average Bonchev–Trinajstić information content (AvgIpc) is 2.62. The molecule has 0 heterocycles. The van der Waals surface area contributed by atoms with Crippen molar-refractivity contribution in [2.24, 2.45) is 5.92 Å². The van der Waals surface area contributed by atoms with Crippen molar-refractivity contribution in [3.63, 3.8) is 0 Å². The molecule has 0 bridgehead atoms. The molecule has 26 heavy (non-hydrogen) atoms. The highest BCUT2D eigenvalue weighted by Gasteiger charge is 2.27. The number of halogens is 2. The van der Waals surface area contributed by atoms with Gasteiger partial charge in [-0.25, -0.2) is 0 Å². The zero-order valence-corrected chi connectivity index (χ0v) is 19.0. The highest BCUT2D eigenvalue weighted by Crippen LogP contribution is 2.46. The fourth-order valence-electron chi connectivity index (χ4n) is 3.14. The molecule has 0 spiro atoms. The molecule has 2 rings (SSSR count). The molecule has 2 aromatic rings. The molecule has 0 N–H and O–H groups in total. The molecule has 0 saturated heterocycles. The van der Waals surface area contributed by atoms with E-state index < -0.39 is 0 Å². The van der Waals surface area contributed by atoms with E-state index >= 15 is 0 Å². The van der Waals surface area contributed by atoms with E-state index in [0.29, 0.717) is 0 Å². The summed E-state index contributed by atoms with van der Waals surface area (Å²) in [6, 6.07) is 7.90. The van der Waals surface area contributed by atoms with E-state index in [1.165, 1.54) is 0 Å². The van der Waals surface area contributed by atoms with Crippen molar-refractivity contribution in [2.45, 2.75) is 19.8 Å². The number of ether oxygens (including phenoxy) is 4. The van der Waals surface area contributed by atoms with E-state index in [4.69, 9.17) is 18.9 Å². The fraction of sp³-hybridized carbons (Fsp3) is 0.400. The maximum Gasteiger partial charge on any atom is 0.133 e. The number of benzene rings is 2. The Hall–Kier alpha value is -1.40. The SMILES string of the molecule is COc1cc(C(c2cc(OC)c(Br)cc2OC)C(C)C)c(OC)cc1Br. The van der Waals surface area contributed by atoms with Crippen LogP contribution in [0.5, 0.6) is 23.0 Å². The van der Waals surface area contributed by atoms with Crippen LogP contribution >= 0.6 is 31.9 Å². The molecule has 2 aromatic carbocycles. The van der Waals surface area contributed by atoms with Crippen molar-refractivity contribution in [2.75, 3.05) is 28.4 Å². The Bertz CT molecular complexity index is 713. The van der Waals surface area contributed by atoms with Crippen molar-refractivity contribution in [1.29, 1.82) is 0 Å². The lowest BCUT2D eigenvalue weighted by molar-refractivity contribution is 0.379. The Morgan fingerprint density at radius 2 is 0.962 bits per heavy atom. The minimum absolute atomic E-state index is 0.0314. The second-order valence-corrected chi connectivity index (χ2v) is 7.89. The fourth-order valence-corrected chi connectivity index (χ4v) is 4.11. The third-order valence-electron chi connectivity index (χ3n) is 4.35. The van der Waals surface area contributed by atoms with Gasteiger partial charge in [0.05, 0.1) is 37.4 Å². The van der Waals surface area contributed by atoms with Crippen LogP contribution in [-0.4, -0.2) is 28.4 Å². The van der Waals surface area contributed by atoms with Crippen LogP contribution in [-0.2, 0) is 0 Å². The average molecular weight is 488 g/mol. The van der Waals surface area contributed by atoms with Crippen molar-refractivity contribution < 1.29 is 18.9 Å². The van der Waals surface area contributed by atoms with Crippen LogP contribution in [0.3, 0.4) is 0 Å². The zero-order valence-electron chi connectivity index (χ0n) is 15.9. The summed E-state index contributed by atoms with van der Waals surface area (Å²) < 4.78 is 24.0. The summed E-state index contributed by atoms with van der Waals surface area (Å²) in [6.07, 6.45) is 0. The van der Waals surface area contributed by atoms with Crippen LogP contribution in [0.4, 0.5) is 0 Å². The van der Waals surface area contributed by atoms with Crippen LogP contribution in [0.2, 0.25) is 0 Å². The van der Waals surface area contributed by atoms with Crippen LogP contribution in [0.15, 0.2) is 33.2 Å². The molecule has 0 unspecified atom stereocenters. The van der Waals surface area contributed by atoms with Crippen LogP contribution < -0.4 is 18.9 Å². The molecule has 0 aromatic heterocycles. The maximum atomic E-state index is 5.67. The molecule has 0 radical (unpaired) electrons. The highest BCUT2D eigenvalue weighted by atomic mass is 79.9. The molecule has 6 heteroatoms. The second kappa shape index (κ2) is 9.00. The first-order valence-corrected chi connectivity index (χ1v) is 9.79. The van der Waals surface area contributed by atoms with Crippen LogP contribution in [0, 0.1) is 5.92 Å². The molecule has 0 aliphatic rings. The van der Waals surface area contributed by atoms with E-state index in [1.807, 2.05) is 24.3 Å². The Balaban J connectivity index is 2.75. The van der Waals surface area contributed by atoms with Crippen molar-refractivity contribution in [3.8, 4) is 23.0 Å². The quantitative estimate of drug-likeness (QED) is 0.477. The maximum absolute atomic E-state index is 5.67. The first-order valence-electron chi connectivity index (χ1n) is 8.20. The number of hydrogen-bond acceptors (Lipinski definition) is 4. The third kappa shape index (κ3) is 4.12. The van der Waals surface area contributed by atoms with Gasteiger partial charge in [-0.1, -0.05) is 13.8 Å². The van der Waals surface area contributed by atoms with E-state index in [-0.39, 0.29) is 11.8 Å². The largest absolute Gasteiger partial charge is 0.496 e. The lowest BCUT2D eigenvalue weighted by atomic mass is 9.81. The molecular formula is C20H24Br2O4. The summed E-state index contributed by atoms with van der Waals surface area (Å²) in [7, 11) is 6.66. The summed E-state index contributed by atoms with van der Waals surface area (Å²) in [5.41, 5.74) is 2.07. The highest BCUT2D eigenvalue weighted by molar-refractivity contribution is 9.10. The minimum atomic E-state index is 0.0314. The van der Waals surface area contributed by atoms with E-state index in [0.717, 1.165) is 43.1 Å². The molecule has 142 valence electrons. The second-order valence-electron chi connectivity index (χ2n) is 6.18. The molecule has 0 aliphatic carbocycles. The van der Waals surface area contributed by atoms with E-state index in [9.17, 15) is 0 Å². The predicted octanol–water partition coefficient (Wildman–Crippen LogP) is 6.03. The van der Waals surface area contributed by atoms with Gasteiger partial charge in [0.15, 0.2) is 0 Å². The van der Waals surface area contributed by atoms with E-state index in [2.05, 4.69) is 45.7 Å². The summed E-state index contributed by atoms with van der Waals surface area (Å²) in [5.74, 6) is 3.42. The number of hydrogen-bond donors (Lipinski definition) is 0. The van der Waals surface area contributed by atoms with Crippen molar-refractivity contribution in [3.05, 3.63) is 44.3 Å². The zero-order chi connectivity index (χ0) is 19.4. The Kier molecular flexibility index (Phi) is 7.24. The summed E-state index contributed by atoms with van der Waals surface area (Å²) in [5, 5.41) is 0. The van der Waals surface area contributed by atoms with Crippen LogP contribution in [0.25, 0.3) is 0 Å². The number of rotatable bonds is 7. The smallest absolute Gasteiger partial charge is 0.133 e. The van der Waals surface area contributed by atoms with Gasteiger partial charge in [0, 0.05) is 17.0 Å². The van der Waals surface area contributed by atoms with Gasteiger partial charge in [-0.15, -0.1) is 0 Å². The molecule has 4 nitrogen and oxygen atoms in total. The Morgan fingerprint density at radius 3 is 1.23 bits per heavy atom. The van der Waals surface area contributed by atoms with Gasteiger partial charge in [0.2, 0.25) is 0 Å². The van der Waals surface area contributed by atoms with E-state index in [1.54, 1.807) is 28.4 Å². The minimum Gasteiger partial charge on any atom is -0.496 e. The van der Waals surface area contributed by atoms with Gasteiger partial charge in [0.25, 0.3) is 0 Å². The van der Waals surface area contributed by atoms with Gasteiger partial charge >= 0.3 is 0 Å². The molecule has 0 amide bonds. The van der Waals surface area contributed by atoms with Gasteiger partial charge in [0.1, 0.15) is 23.0 Å². The van der Waals surface area contributed by atoms with Crippen LogP contribution in [0.1, 0.15) is 30.9 Å². The summed E-state index contributed by atoms with van der Waals surface area (Å²) in [6.45, 7) is 4.35. The van der Waals surface area contributed by atoms with Gasteiger partial charge in [-0.05, 0) is 62.0 Å². The monoisotopic (exact) mass is 486 g/mol. The molecule has 0 fully saturated rings. The first-order chi connectivity index (χ1) is 12.4. The molecule has 0 saturated carbocycles. The first kappa shape index (κ1) is 20.9. The van der Waals surface area contributed by atoms with Crippen molar-refractivity contribution >= 4 is 31.9 Å². The third-order valence-corrected chi connectivity index (χ3v) is 5.58. The number of methoxy groups -OCH3 is 4. The molecule has 0 atom stereocenters. The normalized spacial score (nSPS) is 11.0. The van der Waals surface area contributed by atoms with Gasteiger partial charge < -0.3 is 18.9 Å². The van der Waals surface area contributed by atoms with Crippen molar-refractivity contribution in [1.82, 2.24) is 0 Å². The molecule has 0 aliphatic heterocycles. The standard InChI is InChI=1S/C20H24Br2O4/c1-11(2)20(12-7-18(25-5)14(21)9-16(12)23-3)13-8-19(26-6)15(22)10-17(13)24-4/h7-11,20H,1-6H3. The summed E-state index contributed by atoms with van der Waals surface area (Å²) in [4.78, 5) is 0. The summed E-state index contributed by atoms with van der Waals surface area (Å²) >= 11 is 7.06. The topological polar surface area (TPSA) is 36.9 Å².